The van der Waals surface area contributed by atoms with Gasteiger partial charge in [-0.25, -0.2) is 9.97 Å². The smallest absolute Gasteiger partial charge is 0.210 e. The summed E-state index contributed by atoms with van der Waals surface area (Å²) in [5.74, 6) is 0.735. The van der Waals surface area contributed by atoms with Gasteiger partial charge in [-0.05, 0) is 40.8 Å². The van der Waals surface area contributed by atoms with Crippen LogP contribution >= 0.6 is 0 Å². The largest absolute Gasteiger partial charge is 0.227 e. The minimum Gasteiger partial charge on any atom is -0.227 e. The van der Waals surface area contributed by atoms with Gasteiger partial charge in [0.05, 0.1) is 11.2 Å². The van der Waals surface area contributed by atoms with Crippen LogP contribution in [0.3, 0.4) is 0 Å². The molecule has 1 aromatic heterocycles. The van der Waals surface area contributed by atoms with Crippen molar-refractivity contribution in [2.45, 2.75) is 6.04 Å². The highest BCUT2D eigenvalue weighted by Crippen LogP contribution is 2.38. The third kappa shape index (κ3) is 4.81. The first-order valence-electron chi connectivity index (χ1n) is 16.0. The van der Waals surface area contributed by atoms with E-state index in [2.05, 4.69) is 162 Å². The first-order chi connectivity index (χ1) is 23.3. The molecule has 0 saturated heterocycles. The van der Waals surface area contributed by atoms with E-state index in [4.69, 9.17) is 9.97 Å². The molecule has 0 N–H and O–H groups in total. The van der Waals surface area contributed by atoms with Crippen molar-refractivity contribution in [2.24, 2.45) is 0 Å². The van der Waals surface area contributed by atoms with E-state index >= 15 is 0 Å². The molecule has 0 amide bonds. The summed E-state index contributed by atoms with van der Waals surface area (Å²) in [6, 6.07) is 60.3. The summed E-state index contributed by atoms with van der Waals surface area (Å²) in [5, 5.41) is 3.36. The molecule has 1 atom stereocenters. The molecule has 3 heteroatoms. The second kappa shape index (κ2) is 11.3. The summed E-state index contributed by atoms with van der Waals surface area (Å²) in [6.45, 7) is 0. The van der Waals surface area contributed by atoms with Crippen LogP contribution in [0.2, 0.25) is 0 Å². The fourth-order valence-electron chi connectivity index (χ4n) is 6.90. The lowest BCUT2D eigenvalue weighted by Crippen LogP contribution is -2.11. The first-order valence-corrected chi connectivity index (χ1v) is 16.0. The van der Waals surface area contributed by atoms with Crippen molar-refractivity contribution in [1.29, 1.82) is 0 Å². The average molecular weight is 601 g/mol. The highest BCUT2D eigenvalue weighted by atomic mass is 15.1. The van der Waals surface area contributed by atoms with Gasteiger partial charge in [0.25, 0.3) is 0 Å². The van der Waals surface area contributed by atoms with E-state index in [1.165, 1.54) is 38.9 Å². The molecule has 7 aromatic carbocycles. The van der Waals surface area contributed by atoms with Gasteiger partial charge in [0.1, 0.15) is 0 Å². The molecule has 0 aliphatic carbocycles. The van der Waals surface area contributed by atoms with E-state index in [1.807, 2.05) is 18.2 Å². The van der Waals surface area contributed by atoms with E-state index in [1.54, 1.807) is 0 Å². The quantitative estimate of drug-likeness (QED) is 0.145. The number of hydrogen-bond donors (Lipinski definition) is 0. The zero-order valence-corrected chi connectivity index (χ0v) is 25.7. The second-order valence-electron chi connectivity index (χ2n) is 12.0. The Morgan fingerprint density at radius 2 is 1.09 bits per heavy atom. The minimum atomic E-state index is 0.151. The Labute approximate surface area is 273 Å². The van der Waals surface area contributed by atoms with Crippen molar-refractivity contribution in [3.8, 4) is 33.8 Å². The van der Waals surface area contributed by atoms with Crippen molar-refractivity contribution < 1.29 is 4.58 Å². The molecular weight excluding hydrogens is 571 g/mol. The van der Waals surface area contributed by atoms with Crippen LogP contribution in [0.5, 0.6) is 0 Å². The van der Waals surface area contributed by atoms with Gasteiger partial charge < -0.3 is 0 Å². The third-order valence-electron chi connectivity index (χ3n) is 9.24. The van der Waals surface area contributed by atoms with E-state index in [9.17, 15) is 0 Å². The van der Waals surface area contributed by atoms with Crippen molar-refractivity contribution in [2.75, 3.05) is 0 Å². The Morgan fingerprint density at radius 3 is 1.87 bits per heavy atom. The molecule has 0 bridgehead atoms. The molecule has 0 radical (unpaired) electrons. The fourth-order valence-corrected chi connectivity index (χ4v) is 6.90. The average Bonchev–Trinajstić information content (AvgIpc) is 3.55. The topological polar surface area (TPSA) is 28.8 Å². The van der Waals surface area contributed by atoms with Gasteiger partial charge in [-0.15, -0.1) is 0 Å². The lowest BCUT2D eigenvalue weighted by molar-refractivity contribution is -0.469. The molecule has 8 aromatic rings. The lowest BCUT2D eigenvalue weighted by atomic mass is 9.97. The maximum Gasteiger partial charge on any atom is 0.210 e. The second-order valence-corrected chi connectivity index (χ2v) is 12.0. The molecular formula is C44H30N3+. The molecule has 0 saturated carbocycles. The number of nitrogens with zero attached hydrogens (tertiary/aromatic N) is 3. The van der Waals surface area contributed by atoms with E-state index in [-0.39, 0.29) is 6.04 Å². The number of fused-ring (bicyclic) bond motifs is 4. The maximum absolute atomic E-state index is 5.14. The predicted molar refractivity (Wildman–Crippen MR) is 193 cm³/mol. The predicted octanol–water partition coefficient (Wildman–Crippen LogP) is 10.7. The summed E-state index contributed by atoms with van der Waals surface area (Å²) >= 11 is 0. The number of aromatic nitrogens is 2. The normalized spacial score (nSPS) is 13.9. The zero-order chi connectivity index (χ0) is 31.2. The molecule has 3 nitrogen and oxygen atoms in total. The van der Waals surface area contributed by atoms with Gasteiger partial charge in [0.2, 0.25) is 11.7 Å². The third-order valence-corrected chi connectivity index (χ3v) is 9.24. The van der Waals surface area contributed by atoms with Gasteiger partial charge in [0.15, 0.2) is 12.0 Å². The lowest BCUT2D eigenvalue weighted by Gasteiger charge is -2.13. The summed E-state index contributed by atoms with van der Waals surface area (Å²) in [6.07, 6.45) is 2.27. The van der Waals surface area contributed by atoms with Crippen LogP contribution in [0.15, 0.2) is 170 Å². The van der Waals surface area contributed by atoms with Crippen LogP contribution in [-0.2, 0) is 0 Å². The van der Waals surface area contributed by atoms with Gasteiger partial charge in [-0.3, -0.25) is 0 Å². The molecule has 1 aliphatic rings. The Balaban J connectivity index is 1.08. The summed E-state index contributed by atoms with van der Waals surface area (Å²) in [5.41, 5.74) is 11.4. The van der Waals surface area contributed by atoms with Crippen LogP contribution in [0.1, 0.15) is 22.7 Å². The van der Waals surface area contributed by atoms with Gasteiger partial charge >= 0.3 is 0 Å². The van der Waals surface area contributed by atoms with Crippen LogP contribution in [0.25, 0.3) is 55.4 Å². The molecule has 9 rings (SSSR count). The molecule has 2 heterocycles. The van der Waals surface area contributed by atoms with Gasteiger partial charge in [-0.1, -0.05) is 133 Å². The minimum absolute atomic E-state index is 0.151. The van der Waals surface area contributed by atoms with Crippen LogP contribution < -0.4 is 0 Å². The highest BCUT2D eigenvalue weighted by molar-refractivity contribution is 6.09. The summed E-state index contributed by atoms with van der Waals surface area (Å²) in [4.78, 5) is 10.2. The molecule has 220 valence electrons. The maximum atomic E-state index is 5.14. The van der Waals surface area contributed by atoms with E-state index < -0.39 is 0 Å². The number of rotatable bonds is 5. The van der Waals surface area contributed by atoms with Crippen LogP contribution in [0, 0.1) is 0 Å². The van der Waals surface area contributed by atoms with Crippen molar-refractivity contribution in [3.05, 3.63) is 187 Å². The highest BCUT2D eigenvalue weighted by Gasteiger charge is 2.34. The number of benzene rings is 7. The summed E-state index contributed by atoms with van der Waals surface area (Å²) in [7, 11) is 0. The van der Waals surface area contributed by atoms with Crippen molar-refractivity contribution in [1.82, 2.24) is 9.97 Å². The Hall–Kier alpha value is -6.19. The SMILES string of the molecule is C1=[N+](c2ccc(-c3ccc(-c4nc(-c5ccccc5)nc5c4ccc4ccccc45)cc3)cc2)C(c2ccccc2)c2ccccc21. The van der Waals surface area contributed by atoms with Crippen LogP contribution in [0.4, 0.5) is 5.69 Å². The first kappa shape index (κ1) is 27.1. The molecule has 1 aliphatic heterocycles. The monoisotopic (exact) mass is 600 g/mol. The molecule has 1 unspecified atom stereocenters. The Bertz CT molecular complexity index is 2430. The Kier molecular flexibility index (Phi) is 6.53. The van der Waals surface area contributed by atoms with Crippen LogP contribution in [-0.4, -0.2) is 20.8 Å². The van der Waals surface area contributed by atoms with E-state index in [0.717, 1.165) is 38.9 Å². The molecule has 0 fully saturated rings. The molecule has 0 spiro atoms. The van der Waals surface area contributed by atoms with Gasteiger partial charge in [-0.2, -0.15) is 4.58 Å². The summed E-state index contributed by atoms with van der Waals surface area (Å²) < 4.78 is 2.39. The van der Waals surface area contributed by atoms with E-state index in [0.29, 0.717) is 0 Å². The standard InChI is InChI=1S/C44H30N3/c1-3-12-34(13-4-1)43-39-18-10-8-16-36(39)29-47(43)37-26-23-31(24-27-37)30-19-21-33(22-20-30)41-40-28-25-32-11-7-9-17-38(32)42(40)46-44(45-41)35-14-5-2-6-15-35/h1-29,43H/q+1. The zero-order valence-electron chi connectivity index (χ0n) is 25.7. The van der Waals surface area contributed by atoms with Crippen molar-refractivity contribution in [3.63, 3.8) is 0 Å². The van der Waals surface area contributed by atoms with Crippen molar-refractivity contribution >= 4 is 33.6 Å². The molecule has 47 heavy (non-hydrogen) atoms. The Morgan fingerprint density at radius 1 is 0.447 bits per heavy atom. The fraction of sp³-hybridized carbons (Fsp3) is 0.0227. The number of hydrogen-bond acceptors (Lipinski definition) is 2. The van der Waals surface area contributed by atoms with Gasteiger partial charge in [0, 0.05) is 50.7 Å².